The number of hydrogen-bond donors (Lipinski definition) is 1. The van der Waals surface area contributed by atoms with Crippen molar-refractivity contribution in [3.05, 3.63) is 0 Å². The highest BCUT2D eigenvalue weighted by Gasteiger charge is 2.10. The van der Waals surface area contributed by atoms with Crippen LogP contribution in [0.5, 0.6) is 0 Å². The van der Waals surface area contributed by atoms with Gasteiger partial charge < -0.3 is 15.1 Å². The van der Waals surface area contributed by atoms with Crippen LogP contribution in [0.15, 0.2) is 0 Å². The molecule has 0 unspecified atom stereocenters. The normalized spacial score (nSPS) is 10.2. The van der Waals surface area contributed by atoms with E-state index in [0.717, 1.165) is 19.5 Å². The second kappa shape index (κ2) is 6.22. The van der Waals surface area contributed by atoms with Gasteiger partial charge in [0.1, 0.15) is 0 Å². The maximum absolute atomic E-state index is 4.40. The van der Waals surface area contributed by atoms with Gasteiger partial charge in [0.2, 0.25) is 17.8 Å². The van der Waals surface area contributed by atoms with Crippen LogP contribution >= 0.6 is 0 Å². The Labute approximate surface area is 103 Å². The summed E-state index contributed by atoms with van der Waals surface area (Å²) in [6.45, 7) is 5.91. The predicted octanol–water partition coefficient (Wildman–Crippen LogP) is 1.22. The van der Waals surface area contributed by atoms with Crippen molar-refractivity contribution >= 4 is 17.8 Å². The number of hydrogen-bond acceptors (Lipinski definition) is 6. The predicted molar refractivity (Wildman–Crippen MR) is 71.9 cm³/mol. The van der Waals surface area contributed by atoms with Crippen LogP contribution in [-0.4, -0.2) is 49.2 Å². The van der Waals surface area contributed by atoms with Crippen molar-refractivity contribution in [3.8, 4) is 0 Å². The second-order valence-corrected chi connectivity index (χ2v) is 4.09. The zero-order valence-electron chi connectivity index (χ0n) is 11.4. The number of rotatable bonds is 6. The maximum atomic E-state index is 4.40. The van der Waals surface area contributed by atoms with Crippen molar-refractivity contribution in [3.63, 3.8) is 0 Å². The summed E-state index contributed by atoms with van der Waals surface area (Å²) >= 11 is 0. The summed E-state index contributed by atoms with van der Waals surface area (Å²) in [6.07, 6.45) is 1.04. The van der Waals surface area contributed by atoms with Crippen molar-refractivity contribution in [1.82, 2.24) is 15.0 Å². The van der Waals surface area contributed by atoms with E-state index in [1.807, 2.05) is 30.9 Å². The SMILES string of the molecule is CCCNc1nc(N(C)C)nc(N(C)CC)n1. The van der Waals surface area contributed by atoms with E-state index >= 15 is 0 Å². The van der Waals surface area contributed by atoms with Crippen LogP contribution in [0.2, 0.25) is 0 Å². The molecule has 17 heavy (non-hydrogen) atoms. The zero-order valence-corrected chi connectivity index (χ0v) is 11.4. The lowest BCUT2D eigenvalue weighted by Crippen LogP contribution is -2.23. The summed E-state index contributed by atoms with van der Waals surface area (Å²) < 4.78 is 0. The Kier molecular flexibility index (Phi) is 4.93. The Morgan fingerprint density at radius 1 is 1.00 bits per heavy atom. The minimum Gasteiger partial charge on any atom is -0.354 e. The van der Waals surface area contributed by atoms with Crippen LogP contribution in [0.4, 0.5) is 17.8 Å². The third kappa shape index (κ3) is 3.72. The molecule has 0 aliphatic rings. The quantitative estimate of drug-likeness (QED) is 0.804. The van der Waals surface area contributed by atoms with Gasteiger partial charge in [-0.1, -0.05) is 6.92 Å². The van der Waals surface area contributed by atoms with Crippen LogP contribution in [0.3, 0.4) is 0 Å². The van der Waals surface area contributed by atoms with Crippen LogP contribution < -0.4 is 15.1 Å². The molecule has 0 atom stereocenters. The number of nitrogens with one attached hydrogen (secondary N) is 1. The van der Waals surface area contributed by atoms with E-state index in [4.69, 9.17) is 0 Å². The van der Waals surface area contributed by atoms with Gasteiger partial charge in [0.15, 0.2) is 0 Å². The standard InChI is InChI=1S/C11H22N6/c1-6-8-12-9-13-10(16(3)4)15-11(14-9)17(5)7-2/h6-8H2,1-5H3,(H,12,13,14,15). The molecule has 0 aromatic carbocycles. The van der Waals surface area contributed by atoms with Crippen molar-refractivity contribution in [1.29, 1.82) is 0 Å². The smallest absolute Gasteiger partial charge is 0.231 e. The third-order valence-corrected chi connectivity index (χ3v) is 2.36. The fourth-order valence-electron chi connectivity index (χ4n) is 1.18. The molecule has 96 valence electrons. The molecule has 0 aliphatic carbocycles. The Bertz CT molecular complexity index is 352. The van der Waals surface area contributed by atoms with E-state index in [2.05, 4.69) is 34.1 Å². The Morgan fingerprint density at radius 2 is 1.65 bits per heavy atom. The molecule has 1 rings (SSSR count). The molecule has 0 bridgehead atoms. The maximum Gasteiger partial charge on any atom is 0.231 e. The van der Waals surface area contributed by atoms with E-state index in [1.54, 1.807) is 0 Å². The Morgan fingerprint density at radius 3 is 2.18 bits per heavy atom. The minimum absolute atomic E-state index is 0.640. The van der Waals surface area contributed by atoms with Gasteiger partial charge >= 0.3 is 0 Å². The highest BCUT2D eigenvalue weighted by Crippen LogP contribution is 2.13. The van der Waals surface area contributed by atoms with Gasteiger partial charge in [-0.15, -0.1) is 0 Å². The first kappa shape index (κ1) is 13.5. The van der Waals surface area contributed by atoms with Gasteiger partial charge in [0, 0.05) is 34.2 Å². The molecule has 0 aliphatic heterocycles. The average Bonchev–Trinajstić information content (AvgIpc) is 2.34. The van der Waals surface area contributed by atoms with Gasteiger partial charge in [-0.05, 0) is 13.3 Å². The lowest BCUT2D eigenvalue weighted by Gasteiger charge is -2.18. The Hall–Kier alpha value is -1.59. The molecular weight excluding hydrogens is 216 g/mol. The van der Waals surface area contributed by atoms with Gasteiger partial charge in [-0.25, -0.2) is 0 Å². The highest BCUT2D eigenvalue weighted by atomic mass is 15.3. The molecule has 1 heterocycles. The summed E-state index contributed by atoms with van der Waals surface area (Å²) in [5.74, 6) is 2.01. The van der Waals surface area contributed by atoms with Crippen LogP contribution in [0.1, 0.15) is 20.3 Å². The monoisotopic (exact) mass is 238 g/mol. The van der Waals surface area contributed by atoms with Gasteiger partial charge in [-0.2, -0.15) is 15.0 Å². The molecule has 0 spiro atoms. The fourth-order valence-corrected chi connectivity index (χ4v) is 1.18. The van der Waals surface area contributed by atoms with Gasteiger partial charge in [-0.3, -0.25) is 0 Å². The molecule has 1 aromatic rings. The van der Waals surface area contributed by atoms with E-state index in [0.29, 0.717) is 17.8 Å². The first-order chi connectivity index (χ1) is 8.08. The lowest BCUT2D eigenvalue weighted by molar-refractivity contribution is 0.858. The van der Waals surface area contributed by atoms with Crippen molar-refractivity contribution < 1.29 is 0 Å². The zero-order chi connectivity index (χ0) is 12.8. The summed E-state index contributed by atoms with van der Waals surface area (Å²) in [5.41, 5.74) is 0. The molecule has 0 amide bonds. The van der Waals surface area contributed by atoms with Crippen LogP contribution in [0.25, 0.3) is 0 Å². The Balaban J connectivity index is 3.00. The number of nitrogens with zero attached hydrogens (tertiary/aromatic N) is 5. The molecule has 0 saturated carbocycles. The largest absolute Gasteiger partial charge is 0.354 e. The summed E-state index contributed by atoms with van der Waals surface area (Å²) in [4.78, 5) is 17.0. The summed E-state index contributed by atoms with van der Waals surface area (Å²) in [7, 11) is 5.82. The van der Waals surface area contributed by atoms with Crippen molar-refractivity contribution in [2.45, 2.75) is 20.3 Å². The van der Waals surface area contributed by atoms with Crippen LogP contribution in [-0.2, 0) is 0 Å². The summed E-state index contributed by atoms with van der Waals surface area (Å²) in [5, 5.41) is 3.19. The molecule has 1 N–H and O–H groups in total. The van der Waals surface area contributed by atoms with E-state index in [-0.39, 0.29) is 0 Å². The topological polar surface area (TPSA) is 57.2 Å². The molecule has 6 heteroatoms. The highest BCUT2D eigenvalue weighted by molar-refractivity contribution is 5.43. The number of aromatic nitrogens is 3. The van der Waals surface area contributed by atoms with E-state index in [9.17, 15) is 0 Å². The first-order valence-electron chi connectivity index (χ1n) is 5.96. The average molecular weight is 238 g/mol. The molecule has 0 saturated heterocycles. The lowest BCUT2D eigenvalue weighted by atomic mass is 10.5. The summed E-state index contributed by atoms with van der Waals surface area (Å²) in [6, 6.07) is 0. The first-order valence-corrected chi connectivity index (χ1v) is 5.96. The molecule has 6 nitrogen and oxygen atoms in total. The van der Waals surface area contributed by atoms with Crippen molar-refractivity contribution in [2.75, 3.05) is 49.3 Å². The fraction of sp³-hybridized carbons (Fsp3) is 0.727. The molecular formula is C11H22N6. The number of anilines is 3. The second-order valence-electron chi connectivity index (χ2n) is 4.09. The molecule has 0 fully saturated rings. The third-order valence-electron chi connectivity index (χ3n) is 2.36. The van der Waals surface area contributed by atoms with E-state index in [1.165, 1.54) is 0 Å². The minimum atomic E-state index is 0.640. The van der Waals surface area contributed by atoms with E-state index < -0.39 is 0 Å². The van der Waals surface area contributed by atoms with Crippen LogP contribution in [0, 0.1) is 0 Å². The van der Waals surface area contributed by atoms with Gasteiger partial charge in [0.05, 0.1) is 0 Å². The molecule has 0 radical (unpaired) electrons. The molecule has 1 aromatic heterocycles. The van der Waals surface area contributed by atoms with Crippen molar-refractivity contribution in [2.24, 2.45) is 0 Å². The van der Waals surface area contributed by atoms with Gasteiger partial charge in [0.25, 0.3) is 0 Å².